The van der Waals surface area contributed by atoms with Gasteiger partial charge in [-0.2, -0.15) is 15.0 Å². The lowest BCUT2D eigenvalue weighted by Gasteiger charge is -1.98. The largest absolute Gasteiger partial charge is 0.157 e. The molecular weight excluding hydrogens is 198 g/mol. The smallest absolute Gasteiger partial charge is 0.0856 e. The molecule has 0 bridgehead atoms. The van der Waals surface area contributed by atoms with Gasteiger partial charge in [0.1, 0.15) is 0 Å². The second kappa shape index (κ2) is 8.65. The van der Waals surface area contributed by atoms with Crippen molar-refractivity contribution in [2.45, 2.75) is 34.6 Å². The Hall–Kier alpha value is -1.64. The Labute approximate surface area is 98.1 Å². The molecule has 0 saturated heterocycles. The highest BCUT2D eigenvalue weighted by molar-refractivity contribution is 5.31. The third kappa shape index (κ3) is 4.26. The summed E-state index contributed by atoms with van der Waals surface area (Å²) >= 11 is 0. The zero-order chi connectivity index (χ0) is 12.4. The molecule has 0 atom stereocenters. The Morgan fingerprint density at radius 1 is 0.812 bits per heavy atom. The molecule has 0 aliphatic rings. The number of hydrogen-bond donors (Lipinski definition) is 0. The molecule has 0 saturated carbocycles. The molecule has 0 aliphatic carbocycles. The van der Waals surface area contributed by atoms with E-state index >= 15 is 0 Å². The van der Waals surface area contributed by atoms with Crippen LogP contribution in [0.4, 0.5) is 0 Å². The molecule has 0 unspecified atom stereocenters. The molecule has 0 N–H and O–H groups in total. The van der Waals surface area contributed by atoms with Gasteiger partial charge in [-0.05, 0) is 19.1 Å². The van der Waals surface area contributed by atoms with Crippen molar-refractivity contribution in [3.05, 3.63) is 42.2 Å². The summed E-state index contributed by atoms with van der Waals surface area (Å²) in [6.45, 7) is 10.1. The van der Waals surface area contributed by atoms with Crippen molar-refractivity contribution in [1.82, 2.24) is 15.0 Å². The van der Waals surface area contributed by atoms with Crippen LogP contribution in [-0.2, 0) is 0 Å². The van der Waals surface area contributed by atoms with Gasteiger partial charge in [0.2, 0.25) is 0 Å². The normalized spacial score (nSPS) is 8.31. The molecule has 16 heavy (non-hydrogen) atoms. The molecule has 1 heterocycles. The fraction of sp³-hybridized carbons (Fsp3) is 0.385. The zero-order valence-electron chi connectivity index (χ0n) is 10.8. The summed E-state index contributed by atoms with van der Waals surface area (Å²) in [4.78, 5) is 1.60. The van der Waals surface area contributed by atoms with Gasteiger partial charge in [0, 0.05) is 0 Å². The Balaban J connectivity index is 0.000000509. The Morgan fingerprint density at radius 3 is 1.69 bits per heavy atom. The maximum atomic E-state index is 4.02. The van der Waals surface area contributed by atoms with E-state index in [4.69, 9.17) is 0 Å². The van der Waals surface area contributed by atoms with Crippen molar-refractivity contribution in [2.75, 3.05) is 0 Å². The van der Waals surface area contributed by atoms with E-state index in [0.717, 1.165) is 5.69 Å². The minimum Gasteiger partial charge on any atom is -0.157 e. The van der Waals surface area contributed by atoms with Gasteiger partial charge in [-0.25, -0.2) is 0 Å². The van der Waals surface area contributed by atoms with E-state index in [1.54, 1.807) is 17.2 Å². The second-order valence-electron chi connectivity index (χ2n) is 2.65. The first-order chi connectivity index (χ1) is 7.86. The van der Waals surface area contributed by atoms with Gasteiger partial charge >= 0.3 is 0 Å². The van der Waals surface area contributed by atoms with Crippen LogP contribution in [0.2, 0.25) is 0 Å². The van der Waals surface area contributed by atoms with E-state index in [1.807, 2.05) is 52.0 Å². The van der Waals surface area contributed by atoms with E-state index in [1.165, 1.54) is 5.56 Å². The van der Waals surface area contributed by atoms with E-state index < -0.39 is 0 Å². The van der Waals surface area contributed by atoms with Gasteiger partial charge in [0.05, 0.1) is 18.1 Å². The minimum absolute atomic E-state index is 0.991. The van der Waals surface area contributed by atoms with Crippen molar-refractivity contribution in [3.8, 4) is 5.69 Å². The van der Waals surface area contributed by atoms with Crippen LogP contribution in [0.3, 0.4) is 0 Å². The highest BCUT2D eigenvalue weighted by atomic mass is 15.5. The maximum Gasteiger partial charge on any atom is 0.0856 e. The SMILES string of the molecule is CC.CC.Cc1ccc(-n2nccn2)cc1. The third-order valence-corrected chi connectivity index (χ3v) is 1.68. The van der Waals surface area contributed by atoms with Gasteiger partial charge in [0.15, 0.2) is 0 Å². The van der Waals surface area contributed by atoms with Gasteiger partial charge < -0.3 is 0 Å². The monoisotopic (exact) mass is 219 g/mol. The average molecular weight is 219 g/mol. The minimum atomic E-state index is 0.991. The highest BCUT2D eigenvalue weighted by Gasteiger charge is 1.94. The van der Waals surface area contributed by atoms with E-state index in [0.29, 0.717) is 0 Å². The lowest BCUT2D eigenvalue weighted by atomic mass is 10.2. The summed E-state index contributed by atoms with van der Waals surface area (Å²) in [5.74, 6) is 0. The molecule has 1 aromatic heterocycles. The third-order valence-electron chi connectivity index (χ3n) is 1.68. The van der Waals surface area contributed by atoms with Crippen molar-refractivity contribution in [1.29, 1.82) is 0 Å². The average Bonchev–Trinajstić information content (AvgIpc) is 2.89. The first-order valence-corrected chi connectivity index (χ1v) is 5.79. The molecule has 0 fully saturated rings. The van der Waals surface area contributed by atoms with Crippen molar-refractivity contribution in [3.63, 3.8) is 0 Å². The maximum absolute atomic E-state index is 4.02. The van der Waals surface area contributed by atoms with Gasteiger partial charge in [-0.15, -0.1) is 0 Å². The number of aryl methyl sites for hydroxylation is 1. The lowest BCUT2D eigenvalue weighted by Crippen LogP contribution is -1.97. The number of aromatic nitrogens is 3. The van der Waals surface area contributed by atoms with Crippen LogP contribution in [0.25, 0.3) is 5.69 Å². The molecule has 2 rings (SSSR count). The quantitative estimate of drug-likeness (QED) is 0.733. The summed E-state index contributed by atoms with van der Waals surface area (Å²) in [5.41, 5.74) is 2.23. The summed E-state index contributed by atoms with van der Waals surface area (Å²) in [5, 5.41) is 8.04. The molecule has 3 heteroatoms. The molecular formula is C13H21N3. The fourth-order valence-electron chi connectivity index (χ4n) is 1.03. The van der Waals surface area contributed by atoms with Crippen LogP contribution in [0.5, 0.6) is 0 Å². The summed E-state index contributed by atoms with van der Waals surface area (Å²) < 4.78 is 0. The lowest BCUT2D eigenvalue weighted by molar-refractivity contribution is 0.752. The van der Waals surface area contributed by atoms with Gasteiger partial charge in [-0.1, -0.05) is 45.4 Å². The molecule has 3 nitrogen and oxygen atoms in total. The summed E-state index contributed by atoms with van der Waals surface area (Å²) in [6, 6.07) is 8.07. The Kier molecular flexibility index (Phi) is 7.76. The van der Waals surface area contributed by atoms with Gasteiger partial charge in [-0.3, -0.25) is 0 Å². The molecule has 0 aliphatic heterocycles. The predicted octanol–water partition coefficient (Wildman–Crippen LogP) is 3.63. The highest BCUT2D eigenvalue weighted by Crippen LogP contribution is 2.05. The first kappa shape index (κ1) is 14.4. The standard InChI is InChI=1S/C9H9N3.2C2H6/c1-8-2-4-9(5-3-8)12-10-6-7-11-12;2*1-2/h2-7H,1H3;2*1-2H3. The Bertz CT molecular complexity index is 349. The molecule has 1 aromatic carbocycles. The topological polar surface area (TPSA) is 30.7 Å². The molecule has 88 valence electrons. The molecule has 0 radical (unpaired) electrons. The first-order valence-electron chi connectivity index (χ1n) is 5.79. The fourth-order valence-corrected chi connectivity index (χ4v) is 1.03. The van der Waals surface area contributed by atoms with Crippen LogP contribution < -0.4 is 0 Å². The van der Waals surface area contributed by atoms with E-state index in [-0.39, 0.29) is 0 Å². The van der Waals surface area contributed by atoms with Crippen LogP contribution in [0.15, 0.2) is 36.7 Å². The molecule has 2 aromatic rings. The summed E-state index contributed by atoms with van der Waals surface area (Å²) in [6.07, 6.45) is 3.33. The molecule has 0 amide bonds. The molecule has 0 spiro atoms. The van der Waals surface area contributed by atoms with Crippen LogP contribution >= 0.6 is 0 Å². The van der Waals surface area contributed by atoms with E-state index in [9.17, 15) is 0 Å². The van der Waals surface area contributed by atoms with Crippen LogP contribution in [0.1, 0.15) is 33.3 Å². The number of rotatable bonds is 1. The van der Waals surface area contributed by atoms with Crippen LogP contribution in [-0.4, -0.2) is 15.0 Å². The number of benzene rings is 1. The number of nitrogens with zero attached hydrogens (tertiary/aromatic N) is 3. The zero-order valence-corrected chi connectivity index (χ0v) is 10.8. The van der Waals surface area contributed by atoms with Crippen molar-refractivity contribution in [2.24, 2.45) is 0 Å². The van der Waals surface area contributed by atoms with Crippen molar-refractivity contribution >= 4 is 0 Å². The van der Waals surface area contributed by atoms with E-state index in [2.05, 4.69) is 17.1 Å². The second-order valence-corrected chi connectivity index (χ2v) is 2.65. The van der Waals surface area contributed by atoms with Gasteiger partial charge in [0.25, 0.3) is 0 Å². The Morgan fingerprint density at radius 2 is 1.25 bits per heavy atom. The van der Waals surface area contributed by atoms with Crippen LogP contribution in [0, 0.1) is 6.92 Å². The predicted molar refractivity (Wildman–Crippen MR) is 68.8 cm³/mol. The summed E-state index contributed by atoms with van der Waals surface area (Å²) in [7, 11) is 0. The van der Waals surface area contributed by atoms with Crippen molar-refractivity contribution < 1.29 is 0 Å². The number of hydrogen-bond acceptors (Lipinski definition) is 2.